The number of piperazine rings is 1. The van der Waals surface area contributed by atoms with Gasteiger partial charge in [-0.1, -0.05) is 0 Å². The number of carbonyl (C=O) groups is 1. The Hall–Kier alpha value is -2.30. The average molecular weight is 408 g/mol. The minimum Gasteiger partial charge on any atom is -0.477 e. The summed E-state index contributed by atoms with van der Waals surface area (Å²) in [6.45, 7) is -0.666. The van der Waals surface area contributed by atoms with Crippen LogP contribution >= 0.6 is 12.4 Å². The van der Waals surface area contributed by atoms with Gasteiger partial charge in [-0.2, -0.15) is 5.06 Å². The maximum atomic E-state index is 15.1. The predicted molar refractivity (Wildman–Crippen MR) is 93.9 cm³/mol. The predicted octanol–water partition coefficient (Wildman–Crippen LogP) is 1.88. The molecule has 27 heavy (non-hydrogen) atoms. The highest BCUT2D eigenvalue weighted by Crippen LogP contribution is 2.30. The molecule has 0 aliphatic carbocycles. The maximum absolute atomic E-state index is 15.1. The van der Waals surface area contributed by atoms with Gasteiger partial charge in [-0.05, 0) is 6.07 Å². The SMILES string of the molecule is Cl.O=C(O)c1cn(CCF)c2c(F)c(N3CCN(O)CC3)c(F)cc2c1=O. The molecule has 0 unspecified atom stereocenters. The highest BCUT2D eigenvalue weighted by atomic mass is 35.5. The molecule has 0 atom stereocenters. The number of aromatic nitrogens is 1. The van der Waals surface area contributed by atoms with Gasteiger partial charge in [0.25, 0.3) is 0 Å². The highest BCUT2D eigenvalue weighted by Gasteiger charge is 2.26. The molecule has 1 aromatic carbocycles. The quantitative estimate of drug-likeness (QED) is 0.805. The molecule has 148 valence electrons. The molecular formula is C16H17ClF3N3O4. The molecule has 0 spiro atoms. The van der Waals surface area contributed by atoms with Crippen LogP contribution in [0.25, 0.3) is 10.9 Å². The number of pyridine rings is 1. The minimum absolute atomic E-state index is 0. The van der Waals surface area contributed by atoms with Crippen molar-refractivity contribution < 1.29 is 28.3 Å². The number of aromatic carboxylic acids is 1. The summed E-state index contributed by atoms with van der Waals surface area (Å²) >= 11 is 0. The first-order valence-corrected chi connectivity index (χ1v) is 7.88. The second-order valence-corrected chi connectivity index (χ2v) is 5.92. The van der Waals surface area contributed by atoms with Crippen molar-refractivity contribution in [2.24, 2.45) is 0 Å². The zero-order chi connectivity index (χ0) is 19.0. The standard InChI is InChI=1S/C16H16F3N3O4.ClH/c17-1-2-21-8-10(16(24)25)15(23)9-7-11(18)14(12(19)13(9)21)20-3-5-22(26)6-4-20;/h7-8,26H,1-6H2,(H,24,25);1H. The number of anilines is 1. The van der Waals surface area contributed by atoms with Gasteiger partial charge < -0.3 is 19.8 Å². The summed E-state index contributed by atoms with van der Waals surface area (Å²) in [6, 6.07) is 0.780. The number of halogens is 4. The lowest BCUT2D eigenvalue weighted by Gasteiger charge is -2.33. The van der Waals surface area contributed by atoms with Crippen molar-refractivity contribution in [3.63, 3.8) is 0 Å². The fourth-order valence-electron chi connectivity index (χ4n) is 3.11. The topological polar surface area (TPSA) is 86.0 Å². The summed E-state index contributed by atoms with van der Waals surface area (Å²) in [5, 5.41) is 19.1. The van der Waals surface area contributed by atoms with Crippen LogP contribution in [0.15, 0.2) is 17.1 Å². The van der Waals surface area contributed by atoms with Gasteiger partial charge in [-0.25, -0.2) is 18.0 Å². The highest BCUT2D eigenvalue weighted by molar-refractivity contribution is 5.93. The average Bonchev–Trinajstić information content (AvgIpc) is 2.58. The first-order chi connectivity index (χ1) is 12.3. The van der Waals surface area contributed by atoms with Crippen LogP contribution in [0, 0.1) is 11.6 Å². The molecule has 2 N–H and O–H groups in total. The van der Waals surface area contributed by atoms with E-state index in [0.717, 1.165) is 21.9 Å². The van der Waals surface area contributed by atoms with Crippen LogP contribution in [-0.2, 0) is 6.54 Å². The number of rotatable bonds is 4. The Bertz CT molecular complexity index is 929. The van der Waals surface area contributed by atoms with E-state index in [1.807, 2.05) is 0 Å². The summed E-state index contributed by atoms with van der Waals surface area (Å²) in [6.07, 6.45) is 0.864. The zero-order valence-corrected chi connectivity index (χ0v) is 14.8. The smallest absolute Gasteiger partial charge is 0.341 e. The van der Waals surface area contributed by atoms with E-state index in [1.54, 1.807) is 0 Å². The largest absolute Gasteiger partial charge is 0.477 e. The number of carboxylic acid groups (broad SMARTS) is 1. The van der Waals surface area contributed by atoms with Crippen molar-refractivity contribution >= 4 is 35.0 Å². The fraction of sp³-hybridized carbons (Fsp3) is 0.375. The molecule has 1 fully saturated rings. The van der Waals surface area contributed by atoms with Crippen molar-refractivity contribution in [1.29, 1.82) is 0 Å². The van der Waals surface area contributed by atoms with Crippen LogP contribution in [-0.4, -0.2) is 58.8 Å². The van der Waals surface area contributed by atoms with E-state index in [2.05, 4.69) is 0 Å². The van der Waals surface area contributed by atoms with Crippen molar-refractivity contribution in [3.05, 3.63) is 39.7 Å². The van der Waals surface area contributed by atoms with Gasteiger partial charge in [-0.3, -0.25) is 4.79 Å². The Morgan fingerprint density at radius 3 is 2.37 bits per heavy atom. The summed E-state index contributed by atoms with van der Waals surface area (Å²) in [7, 11) is 0. The van der Waals surface area contributed by atoms with Crippen LogP contribution in [0.2, 0.25) is 0 Å². The normalized spacial score (nSPS) is 15.0. The first-order valence-electron chi connectivity index (χ1n) is 7.88. The zero-order valence-electron chi connectivity index (χ0n) is 14.0. The number of fused-ring (bicyclic) bond motifs is 1. The molecule has 3 rings (SSSR count). The van der Waals surface area contributed by atoms with E-state index in [9.17, 15) is 23.6 Å². The number of alkyl halides is 1. The van der Waals surface area contributed by atoms with Gasteiger partial charge in [0.15, 0.2) is 5.82 Å². The molecule has 1 aliphatic heterocycles. The molecule has 0 bridgehead atoms. The number of nitrogens with zero attached hydrogens (tertiary/aromatic N) is 3. The molecule has 1 saturated heterocycles. The molecule has 2 aromatic rings. The third kappa shape index (κ3) is 3.73. The van der Waals surface area contributed by atoms with Crippen LogP contribution in [0.4, 0.5) is 18.9 Å². The van der Waals surface area contributed by atoms with E-state index in [0.29, 0.717) is 0 Å². The number of benzene rings is 1. The number of hydroxylamine groups is 2. The Balaban J connectivity index is 0.00000261. The Morgan fingerprint density at radius 1 is 1.19 bits per heavy atom. The van der Waals surface area contributed by atoms with Crippen LogP contribution in [0.5, 0.6) is 0 Å². The lowest BCUT2D eigenvalue weighted by molar-refractivity contribution is -0.0936. The number of carboxylic acids is 1. The summed E-state index contributed by atoms with van der Waals surface area (Å²) in [5.74, 6) is -3.64. The van der Waals surface area contributed by atoms with Crippen LogP contribution < -0.4 is 10.3 Å². The van der Waals surface area contributed by atoms with Gasteiger partial charge in [0.1, 0.15) is 23.7 Å². The van der Waals surface area contributed by atoms with E-state index in [4.69, 9.17) is 5.11 Å². The Morgan fingerprint density at radius 2 is 1.81 bits per heavy atom. The van der Waals surface area contributed by atoms with Gasteiger partial charge >= 0.3 is 5.97 Å². The van der Waals surface area contributed by atoms with Crippen molar-refractivity contribution in [2.45, 2.75) is 6.54 Å². The van der Waals surface area contributed by atoms with Gasteiger partial charge in [0, 0.05) is 32.4 Å². The summed E-state index contributed by atoms with van der Waals surface area (Å²) < 4.78 is 43.5. The van der Waals surface area contributed by atoms with Crippen LogP contribution in [0.1, 0.15) is 10.4 Å². The van der Waals surface area contributed by atoms with Crippen molar-refractivity contribution in [3.8, 4) is 0 Å². The van der Waals surface area contributed by atoms with Crippen molar-refractivity contribution in [2.75, 3.05) is 37.8 Å². The number of hydrogen-bond acceptors (Lipinski definition) is 5. The fourth-order valence-corrected chi connectivity index (χ4v) is 3.11. The summed E-state index contributed by atoms with van der Waals surface area (Å²) in [5.41, 5.74) is -2.46. The molecule has 2 heterocycles. The van der Waals surface area contributed by atoms with E-state index < -0.39 is 40.7 Å². The first kappa shape index (κ1) is 21.0. The molecular weight excluding hydrogens is 391 g/mol. The van der Waals surface area contributed by atoms with E-state index in [1.165, 1.54) is 4.90 Å². The van der Waals surface area contributed by atoms with Crippen molar-refractivity contribution in [1.82, 2.24) is 9.63 Å². The molecule has 0 amide bonds. The number of aryl methyl sites for hydroxylation is 1. The molecule has 11 heteroatoms. The second kappa shape index (κ2) is 8.15. The lowest BCUT2D eigenvalue weighted by atomic mass is 10.1. The second-order valence-electron chi connectivity index (χ2n) is 5.92. The Labute approximate surface area is 157 Å². The van der Waals surface area contributed by atoms with Crippen LogP contribution in [0.3, 0.4) is 0 Å². The maximum Gasteiger partial charge on any atom is 0.341 e. The van der Waals surface area contributed by atoms with E-state index >= 15 is 4.39 Å². The molecule has 1 aromatic heterocycles. The van der Waals surface area contributed by atoms with Gasteiger partial charge in [0.05, 0.1) is 17.4 Å². The third-order valence-corrected chi connectivity index (χ3v) is 4.36. The van der Waals surface area contributed by atoms with Gasteiger partial charge in [0.2, 0.25) is 5.43 Å². The van der Waals surface area contributed by atoms with E-state index in [-0.39, 0.29) is 56.3 Å². The summed E-state index contributed by atoms with van der Waals surface area (Å²) in [4.78, 5) is 24.9. The van der Waals surface area contributed by atoms with Gasteiger partial charge in [-0.15, -0.1) is 12.4 Å². The monoisotopic (exact) mass is 407 g/mol. The molecule has 0 saturated carbocycles. The number of hydrogen-bond donors (Lipinski definition) is 2. The molecule has 7 nitrogen and oxygen atoms in total. The minimum atomic E-state index is -1.56. The third-order valence-electron chi connectivity index (χ3n) is 4.36. The lowest BCUT2D eigenvalue weighted by Crippen LogP contribution is -2.45. The molecule has 1 aliphatic rings. The molecule has 0 radical (unpaired) electrons. The Kier molecular flexibility index (Phi) is 6.34.